The van der Waals surface area contributed by atoms with E-state index in [1.807, 2.05) is 0 Å². The summed E-state index contributed by atoms with van der Waals surface area (Å²) < 4.78 is 0. The third-order valence-corrected chi connectivity index (χ3v) is 6.49. The molecule has 0 atom stereocenters. The highest BCUT2D eigenvalue weighted by Gasteiger charge is 2.23. The molecule has 2 aliphatic heterocycles. The number of hydrogen-bond acceptors (Lipinski definition) is 2. The third-order valence-electron chi connectivity index (χ3n) is 6.49. The van der Waals surface area contributed by atoms with Crippen LogP contribution in [0.5, 0.6) is 0 Å². The molecule has 1 saturated heterocycles. The van der Waals surface area contributed by atoms with Gasteiger partial charge in [-0.3, -0.25) is 4.90 Å². The van der Waals surface area contributed by atoms with Gasteiger partial charge in [0.25, 0.3) is 0 Å². The van der Waals surface area contributed by atoms with Crippen LogP contribution in [-0.4, -0.2) is 29.4 Å². The predicted octanol–water partition coefficient (Wildman–Crippen LogP) is 6.84. The van der Waals surface area contributed by atoms with Gasteiger partial charge in [-0.2, -0.15) is 0 Å². The van der Waals surface area contributed by atoms with Gasteiger partial charge in [0.15, 0.2) is 0 Å². The molecule has 32 heavy (non-hydrogen) atoms. The highest BCUT2D eigenvalue weighted by Crippen LogP contribution is 2.33. The lowest BCUT2D eigenvalue weighted by Crippen LogP contribution is -2.35. The van der Waals surface area contributed by atoms with Gasteiger partial charge in [-0.15, -0.1) is 12.8 Å². The summed E-state index contributed by atoms with van der Waals surface area (Å²) in [6, 6.07) is 21.5. The molecule has 2 heterocycles. The van der Waals surface area contributed by atoms with E-state index < -0.39 is 0 Å². The first-order valence-electron chi connectivity index (χ1n) is 11.4. The van der Waals surface area contributed by atoms with E-state index in [9.17, 15) is 0 Å². The zero-order chi connectivity index (χ0) is 22.9. The fourth-order valence-electron chi connectivity index (χ4n) is 4.59. The number of rotatable bonds is 5. The summed E-state index contributed by atoms with van der Waals surface area (Å²) in [5, 5.41) is 0. The van der Waals surface area contributed by atoms with Crippen LogP contribution in [0.25, 0.3) is 5.70 Å². The van der Waals surface area contributed by atoms with E-state index in [0.29, 0.717) is 5.92 Å². The van der Waals surface area contributed by atoms with Gasteiger partial charge in [0.05, 0.1) is 0 Å². The van der Waals surface area contributed by atoms with Crippen LogP contribution in [0.4, 0.5) is 0 Å². The minimum Gasteiger partial charge on any atom is -0.317 e. The number of allylic oxidation sites excluding steroid dienone is 2. The van der Waals surface area contributed by atoms with Crippen molar-refractivity contribution in [1.82, 2.24) is 9.80 Å². The quantitative estimate of drug-likeness (QED) is 0.487. The SMILES string of the molecule is C#C.C=C1C(C)=C(CN2CCC(c3ccccc3)CC2)C=CN1/C(=C\C)c1ccccc1. The van der Waals surface area contributed by atoms with E-state index in [-0.39, 0.29) is 0 Å². The van der Waals surface area contributed by atoms with Gasteiger partial charge in [-0.05, 0) is 74.0 Å². The summed E-state index contributed by atoms with van der Waals surface area (Å²) in [6.45, 7) is 12.0. The van der Waals surface area contributed by atoms with E-state index in [2.05, 4.69) is 122 Å². The van der Waals surface area contributed by atoms with Crippen molar-refractivity contribution >= 4 is 5.70 Å². The van der Waals surface area contributed by atoms with Crippen LogP contribution >= 0.6 is 0 Å². The molecule has 0 amide bonds. The van der Waals surface area contributed by atoms with Crippen molar-refractivity contribution in [2.24, 2.45) is 0 Å². The van der Waals surface area contributed by atoms with Crippen molar-refractivity contribution in [3.8, 4) is 12.8 Å². The maximum absolute atomic E-state index is 4.42. The fourth-order valence-corrected chi connectivity index (χ4v) is 4.59. The molecule has 2 aromatic carbocycles. The largest absolute Gasteiger partial charge is 0.317 e. The van der Waals surface area contributed by atoms with E-state index in [1.54, 1.807) is 0 Å². The normalized spacial score (nSPS) is 17.8. The lowest BCUT2D eigenvalue weighted by molar-refractivity contribution is 0.229. The standard InChI is InChI=1S/C28H32N2.C2H2/c1-4-28(26-13-9-6-10-14-26)30-20-17-27(22(2)23(30)3)21-29-18-15-25(16-19-29)24-11-7-5-8-12-24;1-2/h4-14,17,20,25H,3,15-16,18-19,21H2,1-2H3;1-2H/b28-4-;. The van der Waals surface area contributed by atoms with Gasteiger partial charge in [0.1, 0.15) is 0 Å². The van der Waals surface area contributed by atoms with Crippen LogP contribution in [0, 0.1) is 12.8 Å². The van der Waals surface area contributed by atoms with Crippen LogP contribution in [0.1, 0.15) is 43.7 Å². The molecular weight excluding hydrogens is 388 g/mol. The Kier molecular flexibility index (Phi) is 8.31. The summed E-state index contributed by atoms with van der Waals surface area (Å²) in [4.78, 5) is 4.81. The Morgan fingerprint density at radius 1 is 1.00 bits per heavy atom. The fraction of sp³-hybridized carbons (Fsp3) is 0.267. The Hall–Kier alpha value is -3.28. The Morgan fingerprint density at radius 3 is 2.19 bits per heavy atom. The van der Waals surface area contributed by atoms with Gasteiger partial charge in [0, 0.05) is 24.1 Å². The highest BCUT2D eigenvalue weighted by atomic mass is 15.2. The number of nitrogens with zero attached hydrogens (tertiary/aromatic N) is 2. The molecule has 2 heteroatoms. The number of likely N-dealkylation sites (tertiary alicyclic amines) is 1. The molecule has 0 bridgehead atoms. The van der Waals surface area contributed by atoms with Crippen molar-refractivity contribution in [1.29, 1.82) is 0 Å². The second kappa shape index (κ2) is 11.4. The molecule has 2 aliphatic rings. The zero-order valence-corrected chi connectivity index (χ0v) is 19.4. The smallest absolute Gasteiger partial charge is 0.0485 e. The first-order valence-corrected chi connectivity index (χ1v) is 11.4. The average Bonchev–Trinajstić information content (AvgIpc) is 2.87. The van der Waals surface area contributed by atoms with Gasteiger partial charge < -0.3 is 4.90 Å². The van der Waals surface area contributed by atoms with Gasteiger partial charge in [0.2, 0.25) is 0 Å². The number of terminal acetylenes is 1. The first-order chi connectivity index (χ1) is 15.7. The molecule has 164 valence electrons. The maximum atomic E-state index is 4.42. The van der Waals surface area contributed by atoms with E-state index in [4.69, 9.17) is 0 Å². The topological polar surface area (TPSA) is 6.48 Å². The number of benzene rings is 2. The Morgan fingerprint density at radius 2 is 1.59 bits per heavy atom. The Balaban J connectivity index is 0.00000141. The average molecular weight is 423 g/mol. The second-order valence-corrected chi connectivity index (χ2v) is 8.28. The summed E-state index contributed by atoms with van der Waals surface area (Å²) in [7, 11) is 0. The van der Waals surface area contributed by atoms with Crippen LogP contribution in [0.3, 0.4) is 0 Å². The Bertz CT molecular complexity index is 1000. The summed E-state index contributed by atoms with van der Waals surface area (Å²) in [6.07, 6.45) is 17.1. The summed E-state index contributed by atoms with van der Waals surface area (Å²) >= 11 is 0. The number of hydrogen-bond donors (Lipinski definition) is 0. The summed E-state index contributed by atoms with van der Waals surface area (Å²) in [5.74, 6) is 0.702. The monoisotopic (exact) mass is 422 g/mol. The molecule has 0 radical (unpaired) electrons. The van der Waals surface area contributed by atoms with Gasteiger partial charge in [-0.25, -0.2) is 0 Å². The van der Waals surface area contributed by atoms with E-state index in [0.717, 1.165) is 25.3 Å². The minimum atomic E-state index is 0.702. The van der Waals surface area contributed by atoms with Crippen molar-refractivity contribution < 1.29 is 0 Å². The number of piperidine rings is 1. The molecular formula is C30H34N2. The molecule has 0 unspecified atom stereocenters. The lowest BCUT2D eigenvalue weighted by atomic mass is 9.89. The van der Waals surface area contributed by atoms with E-state index in [1.165, 1.54) is 40.8 Å². The van der Waals surface area contributed by atoms with Crippen molar-refractivity contribution in [3.05, 3.63) is 114 Å². The maximum Gasteiger partial charge on any atom is 0.0485 e. The molecule has 0 spiro atoms. The van der Waals surface area contributed by atoms with Crippen LogP contribution in [0.2, 0.25) is 0 Å². The molecule has 0 N–H and O–H groups in total. The molecule has 2 aromatic rings. The highest BCUT2D eigenvalue weighted by molar-refractivity contribution is 5.68. The van der Waals surface area contributed by atoms with E-state index >= 15 is 0 Å². The minimum absolute atomic E-state index is 0.702. The predicted molar refractivity (Wildman–Crippen MR) is 138 cm³/mol. The molecule has 2 nitrogen and oxygen atoms in total. The summed E-state index contributed by atoms with van der Waals surface area (Å²) in [5.41, 5.74) is 7.64. The molecule has 0 aromatic heterocycles. The van der Waals surface area contributed by atoms with Gasteiger partial charge >= 0.3 is 0 Å². The molecule has 0 aliphatic carbocycles. The molecule has 0 saturated carbocycles. The first kappa shape index (κ1) is 23.4. The van der Waals surface area contributed by atoms with Crippen molar-refractivity contribution in [3.63, 3.8) is 0 Å². The third kappa shape index (κ3) is 5.31. The zero-order valence-electron chi connectivity index (χ0n) is 19.4. The Labute approximate surface area is 194 Å². The van der Waals surface area contributed by atoms with Crippen LogP contribution < -0.4 is 0 Å². The lowest BCUT2D eigenvalue weighted by Gasteiger charge is -2.35. The van der Waals surface area contributed by atoms with Crippen molar-refractivity contribution in [2.75, 3.05) is 19.6 Å². The second-order valence-electron chi connectivity index (χ2n) is 8.28. The molecule has 1 fully saturated rings. The van der Waals surface area contributed by atoms with Crippen LogP contribution in [0.15, 0.2) is 102 Å². The van der Waals surface area contributed by atoms with Gasteiger partial charge in [-0.1, -0.05) is 73.3 Å². The van der Waals surface area contributed by atoms with Crippen molar-refractivity contribution in [2.45, 2.75) is 32.6 Å². The molecule has 4 rings (SSSR count). The van der Waals surface area contributed by atoms with Crippen LogP contribution in [-0.2, 0) is 0 Å².